The Balaban J connectivity index is 2.68. The molecule has 2 rings (SSSR count). The van der Waals surface area contributed by atoms with E-state index >= 15 is 0 Å². The first-order valence-electron chi connectivity index (χ1n) is 6.60. The largest absolute Gasteiger partial charge is 0.466 e. The summed E-state index contributed by atoms with van der Waals surface area (Å²) >= 11 is 0. The van der Waals surface area contributed by atoms with Gasteiger partial charge in [0.15, 0.2) is 0 Å². The summed E-state index contributed by atoms with van der Waals surface area (Å²) in [5, 5.41) is 11.2. The lowest BCUT2D eigenvalue weighted by Crippen LogP contribution is -2.39. The van der Waals surface area contributed by atoms with E-state index < -0.39 is 28.4 Å². The van der Waals surface area contributed by atoms with E-state index in [9.17, 15) is 24.1 Å². The summed E-state index contributed by atoms with van der Waals surface area (Å²) in [7, 11) is 2.19. The van der Waals surface area contributed by atoms with Crippen LogP contribution in [0.4, 0.5) is 15.8 Å². The lowest BCUT2D eigenvalue weighted by atomic mass is 10.1. The highest BCUT2D eigenvalue weighted by Crippen LogP contribution is 2.35. The monoisotopic (exact) mass is 340 g/mol. The maximum atomic E-state index is 13.9. The molecule has 0 fully saturated rings. The summed E-state index contributed by atoms with van der Waals surface area (Å²) in [5.41, 5.74) is -1.59. The molecule has 0 amide bonds. The van der Waals surface area contributed by atoms with Gasteiger partial charge in [0.25, 0.3) is 0 Å². The van der Waals surface area contributed by atoms with Gasteiger partial charge in [-0.25, -0.2) is 9.59 Å². The van der Waals surface area contributed by atoms with Crippen molar-refractivity contribution < 1.29 is 33.1 Å². The number of anilines is 1. The first-order chi connectivity index (χ1) is 11.4. The minimum atomic E-state index is -1.09. The maximum absolute atomic E-state index is 13.9. The van der Waals surface area contributed by atoms with Crippen molar-refractivity contribution in [3.05, 3.63) is 45.4 Å². The molecule has 0 aromatic heterocycles. The third-order valence-corrected chi connectivity index (χ3v) is 3.27. The number of halogens is 1. The third-order valence-electron chi connectivity index (χ3n) is 3.27. The van der Waals surface area contributed by atoms with Gasteiger partial charge in [0.05, 0.1) is 31.3 Å². The second-order valence-corrected chi connectivity index (χ2v) is 4.58. The molecule has 0 aliphatic carbocycles. The number of para-hydroxylation sites is 1. The van der Waals surface area contributed by atoms with Gasteiger partial charge in [-0.15, -0.1) is 0 Å². The van der Waals surface area contributed by atoms with Crippen LogP contribution in [-0.4, -0.2) is 44.4 Å². The van der Waals surface area contributed by atoms with Crippen LogP contribution < -0.4 is 4.90 Å². The Kier molecular flexibility index (Phi) is 5.09. The normalized spacial score (nSPS) is 14.4. The molecule has 0 saturated heterocycles. The number of carbonyl (C=O) groups excluding carboxylic acids is 2. The van der Waals surface area contributed by atoms with Crippen LogP contribution in [0.1, 0.15) is 0 Å². The van der Waals surface area contributed by atoms with E-state index in [0.29, 0.717) is 0 Å². The number of carbonyl (C=O) groups is 2. The van der Waals surface area contributed by atoms with E-state index in [0.717, 1.165) is 25.2 Å². The zero-order valence-corrected chi connectivity index (χ0v) is 12.8. The zero-order chi connectivity index (χ0) is 17.9. The summed E-state index contributed by atoms with van der Waals surface area (Å²) in [4.78, 5) is 35.2. The Morgan fingerprint density at radius 1 is 1.29 bits per heavy atom. The fourth-order valence-electron chi connectivity index (χ4n) is 2.24. The van der Waals surface area contributed by atoms with Gasteiger partial charge in [0.1, 0.15) is 18.1 Å². The average Bonchev–Trinajstić information content (AvgIpc) is 2.59. The molecule has 1 aromatic rings. The SMILES string of the molecule is COC(=O)C1=C(C(=O)OC)N(c2cccc(F)c2[N+](=O)[O-])COC1. The number of nitrogens with zero attached hydrogens (tertiary/aromatic N) is 2. The molecule has 0 radical (unpaired) electrons. The number of hydrogen-bond acceptors (Lipinski definition) is 8. The number of nitro benzene ring substituents is 1. The van der Waals surface area contributed by atoms with Gasteiger partial charge in [-0.1, -0.05) is 6.07 Å². The lowest BCUT2D eigenvalue weighted by molar-refractivity contribution is -0.386. The van der Waals surface area contributed by atoms with Crippen molar-refractivity contribution in [3.8, 4) is 0 Å². The predicted molar refractivity (Wildman–Crippen MR) is 77.4 cm³/mol. The molecule has 0 spiro atoms. The second kappa shape index (κ2) is 7.04. The Hall–Kier alpha value is -3.01. The quantitative estimate of drug-likeness (QED) is 0.456. The van der Waals surface area contributed by atoms with Crippen LogP contribution in [0.5, 0.6) is 0 Å². The molecule has 0 N–H and O–H groups in total. The van der Waals surface area contributed by atoms with E-state index in [1.54, 1.807) is 0 Å². The summed E-state index contributed by atoms with van der Waals surface area (Å²) in [6.45, 7) is -0.564. The van der Waals surface area contributed by atoms with E-state index in [2.05, 4.69) is 9.47 Å². The molecular weight excluding hydrogens is 327 g/mol. The highest BCUT2D eigenvalue weighted by Gasteiger charge is 2.36. The highest BCUT2D eigenvalue weighted by molar-refractivity contribution is 6.03. The van der Waals surface area contributed by atoms with Crippen molar-refractivity contribution >= 4 is 23.3 Å². The number of esters is 2. The van der Waals surface area contributed by atoms with Crippen LogP contribution in [0.15, 0.2) is 29.5 Å². The Labute approximate surface area is 135 Å². The van der Waals surface area contributed by atoms with Crippen molar-refractivity contribution in [2.75, 3.05) is 32.5 Å². The van der Waals surface area contributed by atoms with Crippen molar-refractivity contribution in [2.45, 2.75) is 0 Å². The van der Waals surface area contributed by atoms with Gasteiger partial charge < -0.3 is 19.1 Å². The number of nitro groups is 1. The zero-order valence-electron chi connectivity index (χ0n) is 12.8. The molecular formula is C14H13FN2O7. The first-order valence-corrected chi connectivity index (χ1v) is 6.60. The minimum Gasteiger partial charge on any atom is -0.466 e. The Morgan fingerprint density at radius 3 is 2.54 bits per heavy atom. The molecule has 0 bridgehead atoms. The van der Waals surface area contributed by atoms with Crippen LogP contribution in [0.3, 0.4) is 0 Å². The van der Waals surface area contributed by atoms with Gasteiger partial charge >= 0.3 is 17.6 Å². The molecule has 0 saturated carbocycles. The molecule has 10 heteroatoms. The number of ether oxygens (including phenoxy) is 3. The van der Waals surface area contributed by atoms with E-state index in [-0.39, 0.29) is 30.3 Å². The van der Waals surface area contributed by atoms with Crippen LogP contribution in [0, 0.1) is 15.9 Å². The third kappa shape index (κ3) is 3.04. The van der Waals surface area contributed by atoms with Gasteiger partial charge in [0.2, 0.25) is 5.82 Å². The first kappa shape index (κ1) is 17.3. The molecule has 9 nitrogen and oxygen atoms in total. The summed E-state index contributed by atoms with van der Waals surface area (Å²) in [5.74, 6) is -2.89. The van der Waals surface area contributed by atoms with E-state index in [4.69, 9.17) is 4.74 Å². The Morgan fingerprint density at radius 2 is 1.96 bits per heavy atom. The van der Waals surface area contributed by atoms with Gasteiger partial charge in [0, 0.05) is 0 Å². The number of methoxy groups -OCH3 is 2. The Bertz CT molecular complexity index is 732. The molecule has 24 heavy (non-hydrogen) atoms. The predicted octanol–water partition coefficient (Wildman–Crippen LogP) is 1.13. The molecule has 128 valence electrons. The highest BCUT2D eigenvalue weighted by atomic mass is 19.1. The fourth-order valence-corrected chi connectivity index (χ4v) is 2.24. The number of hydrogen-bond donors (Lipinski definition) is 0. The van der Waals surface area contributed by atoms with Gasteiger partial charge in [-0.05, 0) is 12.1 Å². The topological polar surface area (TPSA) is 108 Å². The summed E-state index contributed by atoms with van der Waals surface area (Å²) in [6.07, 6.45) is 0. The second-order valence-electron chi connectivity index (χ2n) is 4.58. The van der Waals surface area contributed by atoms with Gasteiger partial charge in [-0.3, -0.25) is 10.1 Å². The van der Waals surface area contributed by atoms with Crippen molar-refractivity contribution in [1.82, 2.24) is 0 Å². The van der Waals surface area contributed by atoms with Gasteiger partial charge in [-0.2, -0.15) is 4.39 Å². The standard InChI is InChI=1S/C14H13FN2O7/c1-22-13(18)8-6-24-7-16(11(8)14(19)23-2)10-5-3-4-9(15)12(10)17(20)21/h3-5H,6-7H2,1-2H3. The summed E-state index contributed by atoms with van der Waals surface area (Å²) < 4.78 is 28.3. The molecule has 1 aliphatic heterocycles. The molecule has 1 heterocycles. The van der Waals surface area contributed by atoms with Crippen LogP contribution in [0.25, 0.3) is 0 Å². The smallest absolute Gasteiger partial charge is 0.355 e. The van der Waals surface area contributed by atoms with E-state index in [1.807, 2.05) is 0 Å². The molecule has 0 unspecified atom stereocenters. The van der Waals surface area contributed by atoms with Crippen LogP contribution in [-0.2, 0) is 23.8 Å². The maximum Gasteiger partial charge on any atom is 0.355 e. The number of rotatable bonds is 4. The van der Waals surface area contributed by atoms with Crippen molar-refractivity contribution in [2.24, 2.45) is 0 Å². The minimum absolute atomic E-state index is 0.186. The van der Waals surface area contributed by atoms with Crippen LogP contribution in [0.2, 0.25) is 0 Å². The van der Waals surface area contributed by atoms with Crippen molar-refractivity contribution in [3.63, 3.8) is 0 Å². The fraction of sp³-hybridized carbons (Fsp3) is 0.286. The van der Waals surface area contributed by atoms with Crippen LogP contribution >= 0.6 is 0 Å². The van der Waals surface area contributed by atoms with Crippen molar-refractivity contribution in [1.29, 1.82) is 0 Å². The molecule has 1 aliphatic rings. The molecule has 0 atom stereocenters. The summed E-state index contributed by atoms with van der Waals surface area (Å²) in [6, 6.07) is 3.38. The molecule has 1 aromatic carbocycles. The lowest BCUT2D eigenvalue weighted by Gasteiger charge is -2.30. The average molecular weight is 340 g/mol. The van der Waals surface area contributed by atoms with E-state index in [1.165, 1.54) is 12.1 Å². The number of benzene rings is 1.